The second-order valence-electron chi connectivity index (χ2n) is 8.18. The Morgan fingerprint density at radius 2 is 1.09 bits per heavy atom. The molecule has 0 heterocycles. The summed E-state index contributed by atoms with van der Waals surface area (Å²) in [4.78, 5) is 25.8. The predicted octanol–water partition coefficient (Wildman–Crippen LogP) is 6.55. The number of para-hydroxylation sites is 2. The number of benzene rings is 3. The summed E-state index contributed by atoms with van der Waals surface area (Å²) >= 11 is 0. The zero-order valence-electron chi connectivity index (χ0n) is 20.1. The number of carbonyl (C=O) groups is 2. The van der Waals surface area contributed by atoms with Crippen LogP contribution in [-0.4, -0.2) is 24.0 Å². The van der Waals surface area contributed by atoms with Crippen molar-refractivity contribution in [2.45, 2.75) is 52.7 Å². The van der Waals surface area contributed by atoms with Gasteiger partial charge in [-0.15, -0.1) is 0 Å². The van der Waals surface area contributed by atoms with Crippen LogP contribution in [0.3, 0.4) is 0 Å². The van der Waals surface area contributed by atoms with Gasteiger partial charge in [0, 0.05) is 11.1 Å². The smallest absolute Gasteiger partial charge is 0.255 e. The van der Waals surface area contributed by atoms with Crippen molar-refractivity contribution < 1.29 is 19.1 Å². The number of nitrogens with one attached hydrogen (secondary N) is 2. The summed E-state index contributed by atoms with van der Waals surface area (Å²) in [5.74, 6) is 0.701. The molecule has 6 nitrogen and oxygen atoms in total. The molecule has 3 rings (SSSR count). The molecule has 2 unspecified atom stereocenters. The van der Waals surface area contributed by atoms with Crippen LogP contribution in [0, 0.1) is 0 Å². The highest BCUT2D eigenvalue weighted by molar-refractivity contribution is 6.10. The first-order valence-electron chi connectivity index (χ1n) is 11.6. The summed E-state index contributed by atoms with van der Waals surface area (Å²) in [5.41, 5.74) is 1.94. The number of amides is 2. The normalized spacial score (nSPS) is 12.4. The van der Waals surface area contributed by atoms with Gasteiger partial charge in [-0.2, -0.15) is 0 Å². The van der Waals surface area contributed by atoms with Crippen molar-refractivity contribution in [2.75, 3.05) is 10.6 Å². The van der Waals surface area contributed by atoms with Crippen LogP contribution >= 0.6 is 0 Å². The van der Waals surface area contributed by atoms with E-state index in [9.17, 15) is 9.59 Å². The van der Waals surface area contributed by atoms with E-state index in [1.807, 2.05) is 39.8 Å². The van der Waals surface area contributed by atoms with Gasteiger partial charge >= 0.3 is 0 Å². The van der Waals surface area contributed by atoms with Crippen molar-refractivity contribution in [3.63, 3.8) is 0 Å². The summed E-state index contributed by atoms with van der Waals surface area (Å²) in [7, 11) is 0. The first kappa shape index (κ1) is 24.8. The van der Waals surface area contributed by atoms with E-state index in [4.69, 9.17) is 9.47 Å². The van der Waals surface area contributed by atoms with Gasteiger partial charge in [-0.05, 0) is 75.2 Å². The summed E-state index contributed by atoms with van der Waals surface area (Å²) in [5, 5.41) is 5.78. The molecule has 0 saturated carbocycles. The van der Waals surface area contributed by atoms with Crippen LogP contribution in [0.2, 0.25) is 0 Å². The maximum Gasteiger partial charge on any atom is 0.255 e. The van der Waals surface area contributed by atoms with Crippen LogP contribution in [0.25, 0.3) is 0 Å². The maximum atomic E-state index is 12.9. The summed E-state index contributed by atoms with van der Waals surface area (Å²) < 4.78 is 11.6. The number of rotatable bonds is 10. The fourth-order valence-corrected chi connectivity index (χ4v) is 3.14. The number of carbonyl (C=O) groups excluding carboxylic acids is 2. The predicted molar refractivity (Wildman–Crippen MR) is 136 cm³/mol. The lowest BCUT2D eigenvalue weighted by Crippen LogP contribution is -2.17. The Morgan fingerprint density at radius 3 is 1.47 bits per heavy atom. The highest BCUT2D eigenvalue weighted by atomic mass is 16.5. The van der Waals surface area contributed by atoms with Gasteiger partial charge in [0.15, 0.2) is 0 Å². The van der Waals surface area contributed by atoms with E-state index in [1.54, 1.807) is 60.7 Å². The monoisotopic (exact) mass is 460 g/mol. The quantitative estimate of drug-likeness (QED) is 0.360. The van der Waals surface area contributed by atoms with E-state index in [-0.39, 0.29) is 24.0 Å². The van der Waals surface area contributed by atoms with Crippen LogP contribution in [0.15, 0.2) is 72.8 Å². The summed E-state index contributed by atoms with van der Waals surface area (Å²) in [6.07, 6.45) is 1.86. The standard InChI is InChI=1S/C28H32N2O4/c1-5-19(3)33-23-13-9-11-21(17-23)27(31)29-25-15-7-8-16-26(25)30-28(32)22-12-10-14-24(18-22)34-20(4)6-2/h7-20H,5-6H2,1-4H3,(H,29,31)(H,30,32). The highest BCUT2D eigenvalue weighted by Crippen LogP contribution is 2.24. The Bertz CT molecular complexity index is 1040. The lowest BCUT2D eigenvalue weighted by Gasteiger charge is -2.15. The zero-order valence-corrected chi connectivity index (χ0v) is 20.1. The average Bonchev–Trinajstić information content (AvgIpc) is 2.85. The molecule has 34 heavy (non-hydrogen) atoms. The van der Waals surface area contributed by atoms with E-state index in [0.717, 1.165) is 12.8 Å². The van der Waals surface area contributed by atoms with Gasteiger partial charge in [0.2, 0.25) is 0 Å². The third-order valence-corrected chi connectivity index (χ3v) is 5.44. The minimum absolute atomic E-state index is 0.0586. The molecule has 178 valence electrons. The molecule has 0 saturated heterocycles. The van der Waals surface area contributed by atoms with Crippen molar-refractivity contribution in [3.8, 4) is 11.5 Å². The molecule has 2 atom stereocenters. The van der Waals surface area contributed by atoms with Crippen LogP contribution in [0.4, 0.5) is 11.4 Å². The first-order valence-corrected chi connectivity index (χ1v) is 11.6. The Balaban J connectivity index is 1.73. The van der Waals surface area contributed by atoms with Crippen LogP contribution in [-0.2, 0) is 0 Å². The lowest BCUT2D eigenvalue weighted by molar-refractivity contribution is 0.101. The third kappa shape index (κ3) is 6.85. The van der Waals surface area contributed by atoms with Gasteiger partial charge in [-0.25, -0.2) is 0 Å². The van der Waals surface area contributed by atoms with Crippen LogP contribution in [0.5, 0.6) is 11.5 Å². The molecule has 2 N–H and O–H groups in total. The van der Waals surface area contributed by atoms with E-state index in [2.05, 4.69) is 10.6 Å². The molecule has 0 fully saturated rings. The lowest BCUT2D eigenvalue weighted by atomic mass is 10.1. The topological polar surface area (TPSA) is 76.7 Å². The van der Waals surface area contributed by atoms with Gasteiger partial charge in [-0.3, -0.25) is 9.59 Å². The average molecular weight is 461 g/mol. The maximum absolute atomic E-state index is 12.9. The largest absolute Gasteiger partial charge is 0.491 e. The van der Waals surface area contributed by atoms with Crippen molar-refractivity contribution in [2.24, 2.45) is 0 Å². The minimum atomic E-state index is -0.291. The molecule has 0 aromatic heterocycles. The first-order chi connectivity index (χ1) is 16.4. The van der Waals surface area contributed by atoms with Gasteiger partial charge in [0.25, 0.3) is 11.8 Å². The molecule has 0 aliphatic heterocycles. The molecule has 6 heteroatoms. The second-order valence-corrected chi connectivity index (χ2v) is 8.18. The number of anilines is 2. The second kappa shape index (κ2) is 11.9. The molecule has 0 aliphatic rings. The van der Waals surface area contributed by atoms with Crippen molar-refractivity contribution >= 4 is 23.2 Å². The Labute approximate surface area is 201 Å². The highest BCUT2D eigenvalue weighted by Gasteiger charge is 2.14. The Morgan fingerprint density at radius 1 is 0.676 bits per heavy atom. The third-order valence-electron chi connectivity index (χ3n) is 5.44. The summed E-state index contributed by atoms with van der Waals surface area (Å²) in [6.45, 7) is 8.05. The Hall–Kier alpha value is -3.80. The summed E-state index contributed by atoms with van der Waals surface area (Å²) in [6, 6.07) is 21.2. The SMILES string of the molecule is CCC(C)Oc1cccc(C(=O)Nc2ccccc2NC(=O)c2cccc(OC(C)CC)c2)c1. The zero-order chi connectivity index (χ0) is 24.5. The number of hydrogen-bond donors (Lipinski definition) is 2. The van der Waals surface area contributed by atoms with Crippen molar-refractivity contribution in [3.05, 3.63) is 83.9 Å². The molecule has 0 bridgehead atoms. The molecular weight excluding hydrogens is 428 g/mol. The van der Waals surface area contributed by atoms with E-state index < -0.39 is 0 Å². The van der Waals surface area contributed by atoms with Crippen molar-refractivity contribution in [1.82, 2.24) is 0 Å². The van der Waals surface area contributed by atoms with E-state index >= 15 is 0 Å². The Kier molecular flexibility index (Phi) is 8.68. The molecule has 0 spiro atoms. The molecule has 3 aromatic rings. The minimum Gasteiger partial charge on any atom is -0.491 e. The van der Waals surface area contributed by atoms with Gasteiger partial charge < -0.3 is 20.1 Å². The number of hydrogen-bond acceptors (Lipinski definition) is 4. The van der Waals surface area contributed by atoms with Crippen LogP contribution in [0.1, 0.15) is 61.3 Å². The van der Waals surface area contributed by atoms with E-state index in [1.165, 1.54) is 0 Å². The molecule has 2 amide bonds. The molecule has 0 radical (unpaired) electrons. The van der Waals surface area contributed by atoms with Gasteiger partial charge in [0.05, 0.1) is 23.6 Å². The molecular formula is C28H32N2O4. The van der Waals surface area contributed by atoms with Gasteiger partial charge in [-0.1, -0.05) is 38.1 Å². The van der Waals surface area contributed by atoms with Gasteiger partial charge in [0.1, 0.15) is 11.5 Å². The fourth-order valence-electron chi connectivity index (χ4n) is 3.14. The van der Waals surface area contributed by atoms with Crippen molar-refractivity contribution in [1.29, 1.82) is 0 Å². The van der Waals surface area contributed by atoms with Crippen LogP contribution < -0.4 is 20.1 Å². The molecule has 0 aliphatic carbocycles. The molecule has 3 aromatic carbocycles. The number of ether oxygens (including phenoxy) is 2. The van der Waals surface area contributed by atoms with E-state index in [0.29, 0.717) is 34.0 Å². The fraction of sp³-hybridized carbons (Fsp3) is 0.286.